The first kappa shape index (κ1) is 15.2. The third kappa shape index (κ3) is 3.65. The van der Waals surface area contributed by atoms with Crippen molar-refractivity contribution >= 4 is 11.8 Å². The van der Waals surface area contributed by atoms with Crippen molar-refractivity contribution in [3.63, 3.8) is 0 Å². The third-order valence-electron chi connectivity index (χ3n) is 3.17. The Labute approximate surface area is 124 Å². The summed E-state index contributed by atoms with van der Waals surface area (Å²) in [6.07, 6.45) is 0. The Morgan fingerprint density at radius 3 is 2.57 bits per heavy atom. The molecule has 0 atom stereocenters. The zero-order chi connectivity index (χ0) is 15.2. The fourth-order valence-corrected chi connectivity index (χ4v) is 2.11. The number of rotatable bonds is 5. The van der Waals surface area contributed by atoms with Crippen LogP contribution in [0.2, 0.25) is 0 Å². The molecule has 0 spiro atoms. The lowest BCUT2D eigenvalue weighted by atomic mass is 10.1. The smallest absolute Gasteiger partial charge is 0.254 e. The van der Waals surface area contributed by atoms with Crippen LogP contribution >= 0.6 is 0 Å². The van der Waals surface area contributed by atoms with Gasteiger partial charge in [-0.3, -0.25) is 9.59 Å². The van der Waals surface area contributed by atoms with E-state index in [1.54, 1.807) is 18.2 Å². The van der Waals surface area contributed by atoms with Gasteiger partial charge < -0.3 is 19.7 Å². The lowest BCUT2D eigenvalue weighted by molar-refractivity contribution is -0.121. The van der Waals surface area contributed by atoms with Crippen LogP contribution in [0.1, 0.15) is 24.2 Å². The molecule has 1 heterocycles. The molecule has 1 aliphatic heterocycles. The Morgan fingerprint density at radius 2 is 1.90 bits per heavy atom. The third-order valence-corrected chi connectivity index (χ3v) is 3.17. The minimum absolute atomic E-state index is 0.0532. The van der Waals surface area contributed by atoms with Crippen molar-refractivity contribution in [2.45, 2.75) is 13.8 Å². The quantitative estimate of drug-likeness (QED) is 0.881. The van der Waals surface area contributed by atoms with Crippen LogP contribution in [-0.4, -0.2) is 49.6 Å². The topological polar surface area (TPSA) is 67.9 Å². The maximum atomic E-state index is 12.5. The molecule has 1 aromatic rings. The number of ether oxygens (including phenoxy) is 2. The van der Waals surface area contributed by atoms with Crippen LogP contribution < -0.4 is 14.8 Å². The lowest BCUT2D eigenvalue weighted by Crippen LogP contribution is -2.40. The van der Waals surface area contributed by atoms with Gasteiger partial charge in [-0.25, -0.2) is 0 Å². The van der Waals surface area contributed by atoms with E-state index >= 15 is 0 Å². The molecule has 2 rings (SSSR count). The van der Waals surface area contributed by atoms with E-state index in [2.05, 4.69) is 5.32 Å². The highest BCUT2D eigenvalue weighted by atomic mass is 16.6. The van der Waals surface area contributed by atoms with Crippen LogP contribution in [-0.2, 0) is 4.79 Å². The summed E-state index contributed by atoms with van der Waals surface area (Å²) in [6.45, 7) is 5.74. The molecule has 0 saturated carbocycles. The van der Waals surface area contributed by atoms with Gasteiger partial charge >= 0.3 is 0 Å². The van der Waals surface area contributed by atoms with Gasteiger partial charge in [-0.1, -0.05) is 0 Å². The first-order valence-electron chi connectivity index (χ1n) is 7.11. The summed E-state index contributed by atoms with van der Waals surface area (Å²) in [6, 6.07) is 5.08. The summed E-state index contributed by atoms with van der Waals surface area (Å²) in [5, 5.41) is 2.69. The average Bonchev–Trinajstić information content (AvgIpc) is 2.51. The van der Waals surface area contributed by atoms with Gasteiger partial charge in [0.05, 0.1) is 6.54 Å². The molecule has 114 valence electrons. The molecular formula is C15H20N2O4. The van der Waals surface area contributed by atoms with Gasteiger partial charge in [0.15, 0.2) is 11.5 Å². The second kappa shape index (κ2) is 6.97. The molecule has 2 amide bonds. The molecular weight excluding hydrogens is 272 g/mol. The fraction of sp³-hybridized carbons (Fsp3) is 0.467. The van der Waals surface area contributed by atoms with Crippen LogP contribution in [0.4, 0.5) is 0 Å². The zero-order valence-electron chi connectivity index (χ0n) is 12.3. The molecule has 0 aromatic heterocycles. The molecule has 6 heteroatoms. The first-order chi connectivity index (χ1) is 10.2. The normalized spacial score (nSPS) is 12.7. The van der Waals surface area contributed by atoms with Crippen molar-refractivity contribution in [3.05, 3.63) is 23.8 Å². The van der Waals surface area contributed by atoms with Gasteiger partial charge in [0.2, 0.25) is 5.91 Å². The van der Waals surface area contributed by atoms with Crippen molar-refractivity contribution in [2.75, 3.05) is 32.8 Å². The van der Waals surface area contributed by atoms with Crippen LogP contribution in [0.25, 0.3) is 0 Å². The van der Waals surface area contributed by atoms with E-state index in [4.69, 9.17) is 9.47 Å². The Balaban J connectivity index is 2.11. The number of fused-ring (bicyclic) bond motifs is 1. The molecule has 1 N–H and O–H groups in total. The largest absolute Gasteiger partial charge is 0.486 e. The molecule has 0 radical (unpaired) electrons. The van der Waals surface area contributed by atoms with Crippen LogP contribution in [0.15, 0.2) is 18.2 Å². The summed E-state index contributed by atoms with van der Waals surface area (Å²) in [5.74, 6) is 0.858. The van der Waals surface area contributed by atoms with E-state index in [0.29, 0.717) is 43.4 Å². The number of benzene rings is 1. The van der Waals surface area contributed by atoms with Gasteiger partial charge in [-0.05, 0) is 32.0 Å². The Hall–Kier alpha value is -2.24. The molecule has 0 aliphatic carbocycles. The van der Waals surface area contributed by atoms with Crippen molar-refractivity contribution in [2.24, 2.45) is 0 Å². The predicted octanol–water partition coefficient (Wildman–Crippen LogP) is 1.06. The average molecular weight is 292 g/mol. The second-order valence-electron chi connectivity index (χ2n) is 4.63. The van der Waals surface area contributed by atoms with Crippen LogP contribution in [0.3, 0.4) is 0 Å². The number of hydrogen-bond acceptors (Lipinski definition) is 4. The van der Waals surface area contributed by atoms with Gasteiger partial charge in [0.1, 0.15) is 13.2 Å². The maximum absolute atomic E-state index is 12.5. The van der Waals surface area contributed by atoms with E-state index < -0.39 is 0 Å². The van der Waals surface area contributed by atoms with Gasteiger partial charge in [0, 0.05) is 18.7 Å². The Kier molecular flexibility index (Phi) is 5.03. The number of nitrogens with zero attached hydrogens (tertiary/aromatic N) is 1. The molecule has 6 nitrogen and oxygen atoms in total. The van der Waals surface area contributed by atoms with E-state index in [0.717, 1.165) is 0 Å². The van der Waals surface area contributed by atoms with Crippen LogP contribution in [0, 0.1) is 0 Å². The van der Waals surface area contributed by atoms with Crippen molar-refractivity contribution in [1.29, 1.82) is 0 Å². The molecule has 0 saturated heterocycles. The number of likely N-dealkylation sites (N-methyl/N-ethyl adjacent to an activating group) is 2. The number of hydrogen-bond donors (Lipinski definition) is 1. The summed E-state index contributed by atoms with van der Waals surface area (Å²) < 4.78 is 10.9. The number of carbonyl (C=O) groups excluding carboxylic acids is 2. The van der Waals surface area contributed by atoms with Gasteiger partial charge in [-0.15, -0.1) is 0 Å². The predicted molar refractivity (Wildman–Crippen MR) is 77.7 cm³/mol. The van der Waals surface area contributed by atoms with E-state index in [9.17, 15) is 9.59 Å². The van der Waals surface area contributed by atoms with Gasteiger partial charge in [0.25, 0.3) is 5.91 Å². The maximum Gasteiger partial charge on any atom is 0.254 e. The SMILES string of the molecule is CCNC(=O)CN(CC)C(=O)c1ccc2c(c1)OCCO2. The molecule has 0 fully saturated rings. The highest BCUT2D eigenvalue weighted by Gasteiger charge is 2.20. The molecule has 0 bridgehead atoms. The van der Waals surface area contributed by atoms with E-state index in [-0.39, 0.29) is 18.4 Å². The summed E-state index contributed by atoms with van der Waals surface area (Å²) >= 11 is 0. The lowest BCUT2D eigenvalue weighted by Gasteiger charge is -2.22. The monoisotopic (exact) mass is 292 g/mol. The molecule has 0 unspecified atom stereocenters. The molecule has 1 aliphatic rings. The Morgan fingerprint density at radius 1 is 1.19 bits per heavy atom. The first-order valence-corrected chi connectivity index (χ1v) is 7.11. The van der Waals surface area contributed by atoms with Crippen molar-refractivity contribution < 1.29 is 19.1 Å². The van der Waals surface area contributed by atoms with Gasteiger partial charge in [-0.2, -0.15) is 0 Å². The summed E-state index contributed by atoms with van der Waals surface area (Å²) in [5.41, 5.74) is 0.491. The summed E-state index contributed by atoms with van der Waals surface area (Å²) in [4.78, 5) is 25.6. The summed E-state index contributed by atoms with van der Waals surface area (Å²) in [7, 11) is 0. The number of carbonyl (C=O) groups is 2. The minimum Gasteiger partial charge on any atom is -0.486 e. The number of amides is 2. The fourth-order valence-electron chi connectivity index (χ4n) is 2.11. The van der Waals surface area contributed by atoms with Crippen molar-refractivity contribution in [3.8, 4) is 11.5 Å². The Bertz CT molecular complexity index is 530. The van der Waals surface area contributed by atoms with E-state index in [1.165, 1.54) is 4.90 Å². The molecule has 1 aromatic carbocycles. The van der Waals surface area contributed by atoms with E-state index in [1.807, 2.05) is 13.8 Å². The second-order valence-corrected chi connectivity index (χ2v) is 4.63. The highest BCUT2D eigenvalue weighted by molar-refractivity contribution is 5.97. The van der Waals surface area contributed by atoms with Crippen molar-refractivity contribution in [1.82, 2.24) is 10.2 Å². The minimum atomic E-state index is -0.194. The zero-order valence-corrected chi connectivity index (χ0v) is 12.3. The van der Waals surface area contributed by atoms with Crippen LogP contribution in [0.5, 0.6) is 11.5 Å². The standard InChI is InChI=1S/C15H20N2O4/c1-3-16-14(18)10-17(4-2)15(19)11-5-6-12-13(9-11)21-8-7-20-12/h5-6,9H,3-4,7-8,10H2,1-2H3,(H,16,18). The number of nitrogens with one attached hydrogen (secondary N) is 1. The molecule has 21 heavy (non-hydrogen) atoms. The highest BCUT2D eigenvalue weighted by Crippen LogP contribution is 2.31.